The Morgan fingerprint density at radius 3 is 2.23 bits per heavy atom. The third-order valence-corrected chi connectivity index (χ3v) is 5.89. The summed E-state index contributed by atoms with van der Waals surface area (Å²) in [6, 6.07) is 9.46. The number of nitriles is 1. The molecule has 0 fully saturated rings. The smallest absolute Gasteiger partial charge is 0.315 e. The number of nitrogens with zero attached hydrogens (tertiary/aromatic N) is 3. The quantitative estimate of drug-likeness (QED) is 0.440. The summed E-state index contributed by atoms with van der Waals surface area (Å²) in [6.07, 6.45) is 12.3. The zero-order valence-corrected chi connectivity index (χ0v) is 18.4. The first-order chi connectivity index (χ1) is 14.5. The second kappa shape index (κ2) is 11.4. The van der Waals surface area contributed by atoms with Crippen molar-refractivity contribution in [2.24, 2.45) is 5.92 Å². The lowest BCUT2D eigenvalue weighted by molar-refractivity contribution is -0.144. The van der Waals surface area contributed by atoms with E-state index >= 15 is 0 Å². The molecule has 0 spiro atoms. The first-order valence-electron chi connectivity index (χ1n) is 11.0. The number of aromatic nitrogens is 2. The van der Waals surface area contributed by atoms with Gasteiger partial charge in [-0.05, 0) is 37.3 Å². The van der Waals surface area contributed by atoms with Gasteiger partial charge in [0.25, 0.3) is 0 Å². The van der Waals surface area contributed by atoms with Crippen LogP contribution in [0.4, 0.5) is 0 Å². The van der Waals surface area contributed by atoms with E-state index in [0.29, 0.717) is 17.8 Å². The first-order valence-corrected chi connectivity index (χ1v) is 11.0. The number of unbranched alkanes of at least 4 members (excludes halogenated alkanes) is 4. The molecule has 2 aromatic rings. The monoisotopic (exact) mass is 407 g/mol. The Morgan fingerprint density at radius 2 is 1.70 bits per heavy atom. The minimum atomic E-state index is -1.24. The fraction of sp³-hybridized carbons (Fsp3) is 0.520. The molecule has 0 aliphatic carbocycles. The molecule has 1 aromatic heterocycles. The lowest BCUT2D eigenvalue weighted by atomic mass is 9.70. The van der Waals surface area contributed by atoms with E-state index in [-0.39, 0.29) is 0 Å². The van der Waals surface area contributed by atoms with E-state index in [0.717, 1.165) is 30.4 Å². The summed E-state index contributed by atoms with van der Waals surface area (Å²) in [5, 5.41) is 19.4. The zero-order valence-electron chi connectivity index (χ0n) is 18.4. The van der Waals surface area contributed by atoms with Crippen molar-refractivity contribution in [1.82, 2.24) is 9.97 Å². The maximum atomic E-state index is 12.1. The molecule has 5 heteroatoms. The van der Waals surface area contributed by atoms with Crippen molar-refractivity contribution < 1.29 is 9.90 Å². The van der Waals surface area contributed by atoms with E-state index in [2.05, 4.69) is 23.0 Å². The van der Waals surface area contributed by atoms with Crippen LogP contribution in [0.2, 0.25) is 0 Å². The van der Waals surface area contributed by atoms with Crippen molar-refractivity contribution in [3.05, 3.63) is 47.8 Å². The van der Waals surface area contributed by atoms with Gasteiger partial charge in [0.1, 0.15) is 5.41 Å². The average Bonchev–Trinajstić information content (AvgIpc) is 2.77. The predicted octanol–water partition coefficient (Wildman–Crippen LogP) is 5.94. The van der Waals surface area contributed by atoms with E-state index in [1.54, 1.807) is 19.1 Å². The van der Waals surface area contributed by atoms with E-state index in [1.165, 1.54) is 25.7 Å². The van der Waals surface area contributed by atoms with Crippen LogP contribution in [0.5, 0.6) is 0 Å². The number of aliphatic carboxylic acids is 1. The molecule has 0 amide bonds. The van der Waals surface area contributed by atoms with Crippen molar-refractivity contribution in [2.45, 2.75) is 77.6 Å². The van der Waals surface area contributed by atoms with Crippen LogP contribution in [0.25, 0.3) is 11.4 Å². The van der Waals surface area contributed by atoms with Crippen LogP contribution < -0.4 is 0 Å². The highest BCUT2D eigenvalue weighted by molar-refractivity contribution is 5.82. The zero-order chi connectivity index (χ0) is 22.0. The van der Waals surface area contributed by atoms with Gasteiger partial charge in [0, 0.05) is 18.0 Å². The number of hydrogen-bond acceptors (Lipinski definition) is 4. The normalized spacial score (nSPS) is 13.9. The van der Waals surface area contributed by atoms with Gasteiger partial charge in [0.15, 0.2) is 5.82 Å². The second-order valence-electron chi connectivity index (χ2n) is 8.13. The standard InChI is InChI=1S/C25H33N3O2/c1-4-6-7-8-9-11-19-17-27-23(28-18-19)20-12-14-21(15-13-20)25(3,24(29)30)22(16-26)10-5-2/h12-15,17-18,22H,4-11H2,1-3H3,(H,29,30). The highest BCUT2D eigenvalue weighted by Crippen LogP contribution is 2.36. The summed E-state index contributed by atoms with van der Waals surface area (Å²) >= 11 is 0. The number of benzene rings is 1. The van der Waals surface area contributed by atoms with E-state index < -0.39 is 17.3 Å². The summed E-state index contributed by atoms with van der Waals surface area (Å²) in [5.41, 5.74) is 1.36. The average molecular weight is 408 g/mol. The molecule has 30 heavy (non-hydrogen) atoms. The lowest BCUT2D eigenvalue weighted by Gasteiger charge is -2.30. The number of aryl methyl sites for hydroxylation is 1. The molecule has 2 atom stereocenters. The molecule has 2 unspecified atom stereocenters. The topological polar surface area (TPSA) is 86.9 Å². The fourth-order valence-corrected chi connectivity index (χ4v) is 3.78. The van der Waals surface area contributed by atoms with Crippen LogP contribution in [-0.4, -0.2) is 21.0 Å². The van der Waals surface area contributed by atoms with Crippen LogP contribution in [0.3, 0.4) is 0 Å². The van der Waals surface area contributed by atoms with Crippen molar-refractivity contribution in [1.29, 1.82) is 5.26 Å². The van der Waals surface area contributed by atoms with Crippen LogP contribution >= 0.6 is 0 Å². The number of carbonyl (C=O) groups is 1. The lowest BCUT2D eigenvalue weighted by Crippen LogP contribution is -2.39. The van der Waals surface area contributed by atoms with Gasteiger partial charge in [-0.2, -0.15) is 5.26 Å². The summed E-state index contributed by atoms with van der Waals surface area (Å²) in [7, 11) is 0. The SMILES string of the molecule is CCCCCCCc1cnc(-c2ccc(C(C)(C(=O)O)C(C#N)CCC)cc2)nc1. The molecular formula is C25H33N3O2. The molecule has 1 heterocycles. The van der Waals surface area contributed by atoms with Gasteiger partial charge >= 0.3 is 5.97 Å². The molecule has 5 nitrogen and oxygen atoms in total. The van der Waals surface area contributed by atoms with E-state index in [9.17, 15) is 15.2 Å². The Balaban J connectivity index is 2.12. The largest absolute Gasteiger partial charge is 0.481 e. The van der Waals surface area contributed by atoms with Gasteiger partial charge in [-0.15, -0.1) is 0 Å². The number of rotatable bonds is 12. The molecule has 160 valence electrons. The molecule has 0 aliphatic heterocycles. The minimum absolute atomic E-state index is 0.546. The van der Waals surface area contributed by atoms with Crippen molar-refractivity contribution in [3.8, 4) is 17.5 Å². The van der Waals surface area contributed by atoms with Crippen LogP contribution in [-0.2, 0) is 16.6 Å². The van der Waals surface area contributed by atoms with Gasteiger partial charge in [0.2, 0.25) is 0 Å². The first kappa shape index (κ1) is 23.5. The Kier molecular flexibility index (Phi) is 8.98. The molecule has 0 aliphatic rings. The van der Waals surface area contributed by atoms with Crippen molar-refractivity contribution in [2.75, 3.05) is 0 Å². The molecule has 1 N–H and O–H groups in total. The summed E-state index contributed by atoms with van der Waals surface area (Å²) in [4.78, 5) is 21.0. The predicted molar refractivity (Wildman–Crippen MR) is 119 cm³/mol. The van der Waals surface area contributed by atoms with Gasteiger partial charge < -0.3 is 5.11 Å². The Morgan fingerprint density at radius 1 is 1.07 bits per heavy atom. The molecule has 2 rings (SSSR count). The molecule has 0 radical (unpaired) electrons. The Bertz CT molecular complexity index is 840. The summed E-state index contributed by atoms with van der Waals surface area (Å²) < 4.78 is 0. The Hall–Kier alpha value is -2.74. The number of hydrogen-bond donors (Lipinski definition) is 1. The van der Waals surface area contributed by atoms with E-state index in [4.69, 9.17) is 0 Å². The van der Waals surface area contributed by atoms with Crippen LogP contribution in [0, 0.1) is 17.2 Å². The van der Waals surface area contributed by atoms with Gasteiger partial charge in [-0.3, -0.25) is 4.79 Å². The molecule has 0 bridgehead atoms. The summed E-state index contributed by atoms with van der Waals surface area (Å²) in [5.74, 6) is -0.938. The van der Waals surface area contributed by atoms with Gasteiger partial charge in [-0.1, -0.05) is 70.2 Å². The molecular weight excluding hydrogens is 374 g/mol. The van der Waals surface area contributed by atoms with Gasteiger partial charge in [-0.25, -0.2) is 9.97 Å². The Labute approximate surface area is 180 Å². The fourth-order valence-electron chi connectivity index (χ4n) is 3.78. The minimum Gasteiger partial charge on any atom is -0.481 e. The number of carboxylic acids is 1. The van der Waals surface area contributed by atoms with Crippen LogP contribution in [0.1, 0.15) is 76.8 Å². The molecule has 0 saturated heterocycles. The maximum absolute atomic E-state index is 12.1. The van der Waals surface area contributed by atoms with Gasteiger partial charge in [0.05, 0.1) is 12.0 Å². The highest BCUT2D eigenvalue weighted by atomic mass is 16.4. The third kappa shape index (κ3) is 5.66. The maximum Gasteiger partial charge on any atom is 0.315 e. The molecule has 0 saturated carbocycles. The summed E-state index contributed by atoms with van der Waals surface area (Å²) in [6.45, 7) is 5.82. The third-order valence-electron chi connectivity index (χ3n) is 5.89. The molecule has 1 aromatic carbocycles. The van der Waals surface area contributed by atoms with Crippen molar-refractivity contribution in [3.63, 3.8) is 0 Å². The van der Waals surface area contributed by atoms with Crippen molar-refractivity contribution >= 4 is 5.97 Å². The van der Waals surface area contributed by atoms with Crippen LogP contribution in [0.15, 0.2) is 36.7 Å². The second-order valence-corrected chi connectivity index (χ2v) is 8.13. The van der Waals surface area contributed by atoms with E-state index in [1.807, 2.05) is 31.5 Å². The number of carboxylic acid groups (broad SMARTS) is 1. The highest BCUT2D eigenvalue weighted by Gasteiger charge is 2.43.